The van der Waals surface area contributed by atoms with Crippen molar-refractivity contribution in [3.63, 3.8) is 0 Å². The molecule has 0 aliphatic heterocycles. The Bertz CT molecular complexity index is 1100. The second-order valence-corrected chi connectivity index (χ2v) is 8.66. The van der Waals surface area contributed by atoms with Gasteiger partial charge in [-0.3, -0.25) is 20.1 Å². The van der Waals surface area contributed by atoms with Crippen molar-refractivity contribution in [2.45, 2.75) is 51.1 Å². The number of nitrogens with zero attached hydrogens (tertiary/aromatic N) is 3. The molecule has 1 aliphatic carbocycles. The molecule has 1 atom stereocenters. The second-order valence-electron chi connectivity index (χ2n) is 8.22. The van der Waals surface area contributed by atoms with E-state index >= 15 is 0 Å². The summed E-state index contributed by atoms with van der Waals surface area (Å²) >= 11 is 5.84. The molecule has 162 valence electrons. The van der Waals surface area contributed by atoms with E-state index in [0.29, 0.717) is 24.1 Å². The maximum Gasteiger partial charge on any atom is 0.293 e. The molecule has 1 aliphatic rings. The van der Waals surface area contributed by atoms with Gasteiger partial charge in [0.05, 0.1) is 15.5 Å². The number of benzene rings is 1. The minimum Gasteiger partial charge on any atom is -0.308 e. The van der Waals surface area contributed by atoms with E-state index in [-0.39, 0.29) is 22.6 Å². The first-order valence-electron chi connectivity index (χ1n) is 10.5. The van der Waals surface area contributed by atoms with Crippen LogP contribution in [-0.2, 0) is 6.54 Å². The minimum atomic E-state index is -0.451. The van der Waals surface area contributed by atoms with Crippen molar-refractivity contribution in [1.29, 1.82) is 0 Å². The standard InChI is InChI=1S/C23H24ClFN4O2/c1-14(27-13-22-23(29(30)31)10-17(24)12-28-22)15-2-4-16(5-3-15)19-8-9-26-21-7-6-18(25)11-20(19)21/h6-12,14-16,27H,2-5,13H2,1H3. The highest BCUT2D eigenvalue weighted by Gasteiger charge is 2.27. The van der Waals surface area contributed by atoms with Crippen molar-refractivity contribution >= 4 is 28.2 Å². The minimum absolute atomic E-state index is 0.0623. The molecule has 1 unspecified atom stereocenters. The number of hydrogen-bond donors (Lipinski definition) is 1. The number of aromatic nitrogens is 2. The van der Waals surface area contributed by atoms with E-state index < -0.39 is 4.92 Å². The number of hydrogen-bond acceptors (Lipinski definition) is 5. The van der Waals surface area contributed by atoms with Crippen LogP contribution in [0.1, 0.15) is 49.8 Å². The fourth-order valence-electron chi connectivity index (χ4n) is 4.60. The van der Waals surface area contributed by atoms with E-state index in [1.165, 1.54) is 23.9 Å². The van der Waals surface area contributed by atoms with E-state index in [1.54, 1.807) is 18.3 Å². The van der Waals surface area contributed by atoms with Gasteiger partial charge in [-0.2, -0.15) is 0 Å². The zero-order valence-electron chi connectivity index (χ0n) is 17.2. The summed E-state index contributed by atoms with van der Waals surface area (Å²) in [4.78, 5) is 19.3. The summed E-state index contributed by atoms with van der Waals surface area (Å²) < 4.78 is 13.8. The van der Waals surface area contributed by atoms with E-state index in [4.69, 9.17) is 11.6 Å². The van der Waals surface area contributed by atoms with Crippen molar-refractivity contribution in [3.8, 4) is 0 Å². The van der Waals surface area contributed by atoms with Crippen LogP contribution in [0.2, 0.25) is 5.02 Å². The van der Waals surface area contributed by atoms with Crippen LogP contribution >= 0.6 is 11.6 Å². The SMILES string of the molecule is CC(NCc1ncc(Cl)cc1[N+](=O)[O-])C1CCC(c2ccnc3ccc(F)cc23)CC1. The Morgan fingerprint density at radius 1 is 1.23 bits per heavy atom. The van der Waals surface area contributed by atoms with E-state index in [1.807, 2.05) is 6.07 Å². The molecule has 2 heterocycles. The van der Waals surface area contributed by atoms with Gasteiger partial charge in [0.2, 0.25) is 0 Å². The molecule has 1 aromatic carbocycles. The zero-order chi connectivity index (χ0) is 22.0. The van der Waals surface area contributed by atoms with Crippen LogP contribution in [0, 0.1) is 21.8 Å². The largest absolute Gasteiger partial charge is 0.308 e. The Balaban J connectivity index is 1.38. The molecule has 0 bridgehead atoms. The summed E-state index contributed by atoms with van der Waals surface area (Å²) in [5, 5.41) is 15.8. The fourth-order valence-corrected chi connectivity index (χ4v) is 4.75. The van der Waals surface area contributed by atoms with Crippen LogP contribution < -0.4 is 5.32 Å². The normalized spacial score (nSPS) is 20.0. The summed E-state index contributed by atoms with van der Waals surface area (Å²) in [7, 11) is 0. The van der Waals surface area contributed by atoms with Gasteiger partial charge in [0, 0.05) is 36.4 Å². The van der Waals surface area contributed by atoms with Gasteiger partial charge in [0.25, 0.3) is 5.69 Å². The van der Waals surface area contributed by atoms with Crippen LogP contribution in [0.5, 0.6) is 0 Å². The summed E-state index contributed by atoms with van der Waals surface area (Å²) in [5.41, 5.74) is 2.32. The Hall–Kier alpha value is -2.64. The molecule has 6 nitrogen and oxygen atoms in total. The second kappa shape index (κ2) is 9.24. The van der Waals surface area contributed by atoms with Crippen LogP contribution in [-0.4, -0.2) is 20.9 Å². The molecule has 1 N–H and O–H groups in total. The molecule has 4 rings (SSSR count). The predicted molar refractivity (Wildman–Crippen MR) is 119 cm³/mol. The van der Waals surface area contributed by atoms with Gasteiger partial charge >= 0.3 is 0 Å². The first kappa shape index (κ1) is 21.6. The van der Waals surface area contributed by atoms with Gasteiger partial charge in [0.1, 0.15) is 11.5 Å². The van der Waals surface area contributed by atoms with Crippen molar-refractivity contribution in [2.75, 3.05) is 0 Å². The molecule has 0 radical (unpaired) electrons. The molecule has 0 spiro atoms. The van der Waals surface area contributed by atoms with E-state index in [0.717, 1.165) is 36.6 Å². The monoisotopic (exact) mass is 442 g/mol. The smallest absolute Gasteiger partial charge is 0.293 e. The topological polar surface area (TPSA) is 81.0 Å². The highest BCUT2D eigenvalue weighted by Crippen LogP contribution is 2.39. The molecule has 31 heavy (non-hydrogen) atoms. The average Bonchev–Trinajstić information content (AvgIpc) is 2.77. The number of fused-ring (bicyclic) bond motifs is 1. The highest BCUT2D eigenvalue weighted by atomic mass is 35.5. The molecule has 0 amide bonds. The maximum atomic E-state index is 13.8. The number of pyridine rings is 2. The van der Waals surface area contributed by atoms with Gasteiger partial charge in [-0.25, -0.2) is 4.39 Å². The molecular formula is C23H24ClFN4O2. The van der Waals surface area contributed by atoms with Gasteiger partial charge in [-0.05, 0) is 74.3 Å². The molecule has 1 saturated carbocycles. The molecular weight excluding hydrogens is 419 g/mol. The Morgan fingerprint density at radius 3 is 2.74 bits per heavy atom. The third kappa shape index (κ3) is 4.83. The average molecular weight is 443 g/mol. The Labute approximate surface area is 185 Å². The summed E-state index contributed by atoms with van der Waals surface area (Å²) in [5.74, 6) is 0.611. The Kier molecular flexibility index (Phi) is 6.43. The lowest BCUT2D eigenvalue weighted by molar-refractivity contribution is -0.386. The van der Waals surface area contributed by atoms with Crippen LogP contribution in [0.15, 0.2) is 42.7 Å². The molecule has 2 aromatic heterocycles. The first-order chi connectivity index (χ1) is 14.9. The lowest BCUT2D eigenvalue weighted by Crippen LogP contribution is -2.35. The molecule has 0 saturated heterocycles. The number of rotatable bonds is 6. The van der Waals surface area contributed by atoms with E-state index in [9.17, 15) is 14.5 Å². The van der Waals surface area contributed by atoms with Gasteiger partial charge in [-0.15, -0.1) is 0 Å². The van der Waals surface area contributed by atoms with Gasteiger partial charge in [0.15, 0.2) is 0 Å². The van der Waals surface area contributed by atoms with Crippen LogP contribution in [0.3, 0.4) is 0 Å². The summed E-state index contributed by atoms with van der Waals surface area (Å²) in [6.45, 7) is 2.44. The van der Waals surface area contributed by atoms with Crippen LogP contribution in [0.4, 0.5) is 10.1 Å². The number of nitrogens with one attached hydrogen (secondary N) is 1. The Morgan fingerprint density at radius 2 is 2.00 bits per heavy atom. The summed E-state index contributed by atoms with van der Waals surface area (Å²) in [6.07, 6.45) is 7.35. The predicted octanol–water partition coefficient (Wildman–Crippen LogP) is 5.78. The van der Waals surface area contributed by atoms with Crippen molar-refractivity contribution < 1.29 is 9.31 Å². The van der Waals surface area contributed by atoms with Crippen molar-refractivity contribution in [2.24, 2.45) is 5.92 Å². The molecule has 1 fully saturated rings. The zero-order valence-corrected chi connectivity index (χ0v) is 18.0. The molecule has 8 heteroatoms. The number of nitro groups is 1. The maximum absolute atomic E-state index is 13.8. The van der Waals surface area contributed by atoms with Crippen molar-refractivity contribution in [3.05, 3.63) is 74.9 Å². The fraction of sp³-hybridized carbons (Fsp3) is 0.391. The number of halogens is 2. The lowest BCUT2D eigenvalue weighted by atomic mass is 9.75. The van der Waals surface area contributed by atoms with Crippen LogP contribution in [0.25, 0.3) is 10.9 Å². The summed E-state index contributed by atoms with van der Waals surface area (Å²) in [6, 6.07) is 8.31. The highest BCUT2D eigenvalue weighted by molar-refractivity contribution is 6.30. The lowest BCUT2D eigenvalue weighted by Gasteiger charge is -2.33. The van der Waals surface area contributed by atoms with E-state index in [2.05, 4.69) is 22.2 Å². The third-order valence-corrected chi connectivity index (χ3v) is 6.56. The first-order valence-corrected chi connectivity index (χ1v) is 10.9. The van der Waals surface area contributed by atoms with Gasteiger partial charge < -0.3 is 5.32 Å². The quantitative estimate of drug-likeness (QED) is 0.386. The van der Waals surface area contributed by atoms with Crippen molar-refractivity contribution in [1.82, 2.24) is 15.3 Å². The molecule has 3 aromatic rings. The third-order valence-electron chi connectivity index (χ3n) is 6.36. The van der Waals surface area contributed by atoms with Gasteiger partial charge in [-0.1, -0.05) is 11.6 Å².